The lowest BCUT2D eigenvalue weighted by Crippen LogP contribution is -2.30. The van der Waals surface area contributed by atoms with Gasteiger partial charge in [0, 0.05) is 35.0 Å². The zero-order chi connectivity index (χ0) is 23.7. The number of pyridine rings is 1. The van der Waals surface area contributed by atoms with Crippen molar-refractivity contribution in [2.24, 2.45) is 0 Å². The highest BCUT2D eigenvalue weighted by atomic mass is 32.1. The van der Waals surface area contributed by atoms with Gasteiger partial charge in [-0.2, -0.15) is 0 Å². The van der Waals surface area contributed by atoms with Crippen molar-refractivity contribution in [1.29, 1.82) is 0 Å². The molecule has 3 heterocycles. The third kappa shape index (κ3) is 3.88. The van der Waals surface area contributed by atoms with Crippen molar-refractivity contribution in [2.45, 2.75) is 19.0 Å². The molecule has 2 atom stereocenters. The van der Waals surface area contributed by atoms with Gasteiger partial charge in [0.25, 0.3) is 0 Å². The fourth-order valence-electron chi connectivity index (χ4n) is 4.57. The van der Waals surface area contributed by atoms with Crippen molar-refractivity contribution >= 4 is 23.0 Å². The van der Waals surface area contributed by atoms with Crippen LogP contribution in [0.2, 0.25) is 0 Å². The molecule has 4 aromatic rings. The Morgan fingerprint density at radius 2 is 1.65 bits per heavy atom. The number of rotatable bonds is 6. The summed E-state index contributed by atoms with van der Waals surface area (Å²) >= 11 is 5.88. The van der Waals surface area contributed by atoms with E-state index in [2.05, 4.69) is 57.0 Å². The van der Waals surface area contributed by atoms with Crippen molar-refractivity contribution in [3.8, 4) is 17.2 Å². The van der Waals surface area contributed by atoms with Gasteiger partial charge >= 0.3 is 0 Å². The number of benzene rings is 2. The quantitative estimate of drug-likeness (QED) is 0.382. The summed E-state index contributed by atoms with van der Waals surface area (Å²) in [5.74, 6) is 1.60. The zero-order valence-corrected chi connectivity index (χ0v) is 20.1. The van der Waals surface area contributed by atoms with Gasteiger partial charge in [0.1, 0.15) is 17.5 Å². The second kappa shape index (κ2) is 9.19. The van der Waals surface area contributed by atoms with Gasteiger partial charge < -0.3 is 24.3 Å². The number of anilines is 1. The third-order valence-corrected chi connectivity index (χ3v) is 6.48. The van der Waals surface area contributed by atoms with Gasteiger partial charge in [-0.1, -0.05) is 12.1 Å². The van der Waals surface area contributed by atoms with E-state index in [1.165, 1.54) is 0 Å². The maximum atomic E-state index is 5.88. The van der Waals surface area contributed by atoms with E-state index >= 15 is 0 Å². The predicted molar refractivity (Wildman–Crippen MR) is 138 cm³/mol. The van der Waals surface area contributed by atoms with E-state index in [0.29, 0.717) is 5.11 Å². The van der Waals surface area contributed by atoms with Crippen LogP contribution in [-0.2, 0) is 0 Å². The Morgan fingerprint density at radius 1 is 0.853 bits per heavy atom. The molecule has 34 heavy (non-hydrogen) atoms. The molecule has 0 aliphatic carbocycles. The summed E-state index contributed by atoms with van der Waals surface area (Å²) in [5.41, 5.74) is 5.18. The normalized spacial score (nSPS) is 17.5. The Bertz CT molecular complexity index is 1300. The molecule has 0 amide bonds. The van der Waals surface area contributed by atoms with E-state index in [1.807, 2.05) is 54.7 Å². The highest BCUT2D eigenvalue weighted by Gasteiger charge is 2.42. The van der Waals surface area contributed by atoms with Crippen LogP contribution in [0, 0.1) is 6.92 Å². The summed E-state index contributed by atoms with van der Waals surface area (Å²) < 4.78 is 13.1. The van der Waals surface area contributed by atoms with Crippen molar-refractivity contribution in [1.82, 2.24) is 14.9 Å². The van der Waals surface area contributed by atoms with Crippen LogP contribution in [0.3, 0.4) is 0 Å². The molecule has 0 spiro atoms. The van der Waals surface area contributed by atoms with Gasteiger partial charge in [0.15, 0.2) is 5.11 Å². The number of hydrogen-bond donors (Lipinski definition) is 1. The Kier molecular flexibility index (Phi) is 5.94. The number of aryl methyl sites for hydroxylation is 1. The molecular formula is C27H26N4O2S. The Hall–Kier alpha value is -3.84. The number of nitrogens with one attached hydrogen (secondary N) is 1. The Labute approximate surface area is 204 Å². The predicted octanol–water partition coefficient (Wildman–Crippen LogP) is 5.38. The molecule has 172 valence electrons. The van der Waals surface area contributed by atoms with Crippen LogP contribution in [0.25, 0.3) is 5.69 Å². The molecule has 1 aliphatic heterocycles. The maximum Gasteiger partial charge on any atom is 0.174 e. The first-order chi connectivity index (χ1) is 16.6. The van der Waals surface area contributed by atoms with Crippen LogP contribution in [0.5, 0.6) is 11.5 Å². The molecule has 7 heteroatoms. The first kappa shape index (κ1) is 22.0. The minimum Gasteiger partial charge on any atom is -0.497 e. The average Bonchev–Trinajstić information content (AvgIpc) is 3.43. The molecule has 0 bridgehead atoms. The van der Waals surface area contributed by atoms with Gasteiger partial charge in [-0.25, -0.2) is 0 Å². The number of nitrogens with zero attached hydrogens (tertiary/aromatic N) is 3. The molecule has 1 aliphatic rings. The molecule has 6 nitrogen and oxygen atoms in total. The van der Waals surface area contributed by atoms with Gasteiger partial charge in [-0.15, -0.1) is 0 Å². The molecule has 5 rings (SSSR count). The van der Waals surface area contributed by atoms with Crippen molar-refractivity contribution in [3.05, 3.63) is 102 Å². The highest BCUT2D eigenvalue weighted by Crippen LogP contribution is 2.43. The fourth-order valence-corrected chi connectivity index (χ4v) is 4.91. The lowest BCUT2D eigenvalue weighted by atomic mass is 10.0. The summed E-state index contributed by atoms with van der Waals surface area (Å²) in [7, 11) is 3.35. The van der Waals surface area contributed by atoms with Crippen LogP contribution in [0.15, 0.2) is 85.1 Å². The van der Waals surface area contributed by atoms with E-state index in [0.717, 1.165) is 40.0 Å². The summed E-state index contributed by atoms with van der Waals surface area (Å²) in [5, 5.41) is 4.18. The van der Waals surface area contributed by atoms with Crippen LogP contribution < -0.4 is 19.7 Å². The van der Waals surface area contributed by atoms with Crippen molar-refractivity contribution in [2.75, 3.05) is 19.1 Å². The summed E-state index contributed by atoms with van der Waals surface area (Å²) in [4.78, 5) is 6.82. The summed E-state index contributed by atoms with van der Waals surface area (Å²) in [6, 6.07) is 26.1. The van der Waals surface area contributed by atoms with E-state index in [-0.39, 0.29) is 12.1 Å². The largest absolute Gasteiger partial charge is 0.497 e. The Morgan fingerprint density at radius 3 is 2.35 bits per heavy atom. The Balaban J connectivity index is 1.68. The van der Waals surface area contributed by atoms with Gasteiger partial charge in [-0.3, -0.25) is 4.98 Å². The molecule has 0 unspecified atom stereocenters. The van der Waals surface area contributed by atoms with Crippen LogP contribution in [0.1, 0.15) is 29.2 Å². The molecule has 2 aromatic heterocycles. The standard InChI is InChI=1S/C27H26N4O2S/c1-18-10-15-24(30(18)19-11-13-21(32-2)14-12-19)26-25(23-9-4-5-16-28-23)29-27(34)31(26)20-7-6-8-22(17-20)33-3/h4-17,25-26H,1-3H3,(H,29,34)/t25-,26-/m0/s1. The van der Waals surface area contributed by atoms with Crippen LogP contribution in [0.4, 0.5) is 5.69 Å². The molecule has 0 radical (unpaired) electrons. The third-order valence-electron chi connectivity index (χ3n) is 6.17. The number of methoxy groups -OCH3 is 2. The molecule has 0 saturated carbocycles. The minimum atomic E-state index is -0.134. The topological polar surface area (TPSA) is 51.5 Å². The highest BCUT2D eigenvalue weighted by molar-refractivity contribution is 7.80. The lowest BCUT2D eigenvalue weighted by Gasteiger charge is -2.29. The van der Waals surface area contributed by atoms with Gasteiger partial charge in [0.2, 0.25) is 0 Å². The summed E-state index contributed by atoms with van der Waals surface area (Å²) in [6.07, 6.45) is 1.82. The van der Waals surface area contributed by atoms with Crippen LogP contribution in [-0.4, -0.2) is 28.9 Å². The van der Waals surface area contributed by atoms with Crippen LogP contribution >= 0.6 is 12.2 Å². The maximum absolute atomic E-state index is 5.88. The number of hydrogen-bond acceptors (Lipinski definition) is 4. The van der Waals surface area contributed by atoms with E-state index < -0.39 is 0 Å². The first-order valence-electron chi connectivity index (χ1n) is 11.1. The molecule has 2 aromatic carbocycles. The summed E-state index contributed by atoms with van der Waals surface area (Å²) in [6.45, 7) is 2.11. The smallest absolute Gasteiger partial charge is 0.174 e. The second-order valence-electron chi connectivity index (χ2n) is 8.13. The van der Waals surface area contributed by atoms with E-state index in [1.54, 1.807) is 14.2 Å². The first-order valence-corrected chi connectivity index (χ1v) is 11.5. The lowest BCUT2D eigenvalue weighted by molar-refractivity contribution is 0.414. The minimum absolute atomic E-state index is 0.133. The zero-order valence-electron chi connectivity index (χ0n) is 19.3. The van der Waals surface area contributed by atoms with E-state index in [9.17, 15) is 0 Å². The number of aromatic nitrogens is 2. The number of ether oxygens (including phenoxy) is 2. The van der Waals surface area contributed by atoms with Crippen molar-refractivity contribution < 1.29 is 9.47 Å². The fraction of sp³-hybridized carbons (Fsp3) is 0.185. The molecule has 1 N–H and O–H groups in total. The van der Waals surface area contributed by atoms with Gasteiger partial charge in [0.05, 0.1) is 26.0 Å². The molecule has 1 fully saturated rings. The SMILES string of the molecule is COc1ccc(-n2c(C)ccc2[C@H]2[C@H](c3ccccn3)NC(=S)N2c2cccc(OC)c2)cc1. The molecular weight excluding hydrogens is 444 g/mol. The monoisotopic (exact) mass is 470 g/mol. The molecule has 1 saturated heterocycles. The van der Waals surface area contributed by atoms with E-state index in [4.69, 9.17) is 21.7 Å². The van der Waals surface area contributed by atoms with Gasteiger partial charge in [-0.05, 0) is 79.8 Å². The van der Waals surface area contributed by atoms with Crippen molar-refractivity contribution in [3.63, 3.8) is 0 Å². The second-order valence-corrected chi connectivity index (χ2v) is 8.52. The average molecular weight is 471 g/mol. The number of thiocarbonyl (C=S) groups is 1.